The fourth-order valence-corrected chi connectivity index (χ4v) is 3.84. The number of aromatic amines is 1. The Balaban J connectivity index is 1.63. The Morgan fingerprint density at radius 3 is 2.38 bits per heavy atom. The molecular formula is C24H32N8. The third-order valence-electron chi connectivity index (χ3n) is 5.64. The lowest BCUT2D eigenvalue weighted by atomic mass is 10.1. The molecule has 4 rings (SSSR count). The average Bonchev–Trinajstić information content (AvgIpc) is 3.52. The minimum Gasteiger partial charge on any atom is -0.310 e. The molecule has 3 aromatic heterocycles. The van der Waals surface area contributed by atoms with Gasteiger partial charge in [-0.15, -0.1) is 10.2 Å². The summed E-state index contributed by atoms with van der Waals surface area (Å²) in [6.45, 7) is 11.6. The van der Waals surface area contributed by atoms with E-state index in [0.717, 1.165) is 48.8 Å². The van der Waals surface area contributed by atoms with Crippen LogP contribution in [0.2, 0.25) is 0 Å². The van der Waals surface area contributed by atoms with E-state index in [9.17, 15) is 0 Å². The monoisotopic (exact) mass is 432 g/mol. The smallest absolute Gasteiger partial charge is 0.221 e. The van der Waals surface area contributed by atoms with Crippen molar-refractivity contribution in [2.45, 2.75) is 72.3 Å². The molecule has 168 valence electrons. The van der Waals surface area contributed by atoms with E-state index >= 15 is 0 Å². The van der Waals surface area contributed by atoms with Crippen molar-refractivity contribution in [1.29, 1.82) is 0 Å². The van der Waals surface area contributed by atoms with Gasteiger partial charge in [0.2, 0.25) is 5.82 Å². The largest absolute Gasteiger partial charge is 0.310 e. The molecule has 0 aliphatic rings. The first kappa shape index (κ1) is 21.9. The van der Waals surface area contributed by atoms with Crippen molar-refractivity contribution in [3.8, 4) is 17.2 Å². The second kappa shape index (κ2) is 9.46. The van der Waals surface area contributed by atoms with Crippen molar-refractivity contribution in [2.75, 3.05) is 0 Å². The molecule has 0 aliphatic carbocycles. The summed E-state index contributed by atoms with van der Waals surface area (Å²) >= 11 is 0. The summed E-state index contributed by atoms with van der Waals surface area (Å²) in [6.07, 6.45) is 3.24. The highest BCUT2D eigenvalue weighted by atomic mass is 15.5. The molecule has 0 atom stereocenters. The molecule has 0 saturated heterocycles. The number of benzene rings is 1. The maximum absolute atomic E-state index is 4.80. The predicted molar refractivity (Wildman–Crippen MR) is 125 cm³/mol. The lowest BCUT2D eigenvalue weighted by molar-refractivity contribution is 0.610. The van der Waals surface area contributed by atoms with Crippen LogP contribution in [0.5, 0.6) is 0 Å². The zero-order valence-corrected chi connectivity index (χ0v) is 19.6. The normalized spacial score (nSPS) is 11.7. The number of H-pyrrole nitrogens is 1. The van der Waals surface area contributed by atoms with Crippen molar-refractivity contribution in [1.82, 2.24) is 40.0 Å². The standard InChI is InChI=1S/C24H32N8/c1-6-7-8-22-25-23(17(4)5)28-31(22)15-18-9-11-19(12-10-18)32-20(16(2)3)13-14-21(32)24-26-29-30-27-24/h9-14,16-17H,6-8,15H2,1-5H3,(H,26,27,29,30). The number of rotatable bonds is 9. The first-order valence-electron chi connectivity index (χ1n) is 11.5. The maximum atomic E-state index is 4.80. The fourth-order valence-electron chi connectivity index (χ4n) is 3.84. The van der Waals surface area contributed by atoms with E-state index in [1.807, 2.05) is 0 Å². The molecule has 1 N–H and O–H groups in total. The Morgan fingerprint density at radius 1 is 0.969 bits per heavy atom. The molecule has 0 radical (unpaired) electrons. The molecule has 0 fully saturated rings. The van der Waals surface area contributed by atoms with E-state index in [4.69, 9.17) is 10.1 Å². The van der Waals surface area contributed by atoms with Crippen molar-refractivity contribution in [3.05, 3.63) is 59.3 Å². The Labute approximate surface area is 189 Å². The number of hydrogen-bond acceptors (Lipinski definition) is 5. The second-order valence-electron chi connectivity index (χ2n) is 8.84. The summed E-state index contributed by atoms with van der Waals surface area (Å²) in [5, 5.41) is 19.4. The molecule has 0 bridgehead atoms. The molecule has 0 spiro atoms. The van der Waals surface area contributed by atoms with Gasteiger partial charge in [-0.05, 0) is 47.4 Å². The minimum absolute atomic E-state index is 0.325. The van der Waals surface area contributed by atoms with Crippen LogP contribution in [0.1, 0.15) is 82.2 Å². The number of aromatic nitrogens is 8. The highest BCUT2D eigenvalue weighted by Crippen LogP contribution is 2.28. The van der Waals surface area contributed by atoms with Gasteiger partial charge in [0.15, 0.2) is 5.82 Å². The Bertz CT molecular complexity index is 1130. The van der Waals surface area contributed by atoms with Crippen LogP contribution < -0.4 is 0 Å². The average molecular weight is 433 g/mol. The van der Waals surface area contributed by atoms with Crippen LogP contribution in [-0.4, -0.2) is 40.0 Å². The second-order valence-corrected chi connectivity index (χ2v) is 8.84. The highest BCUT2D eigenvalue weighted by Gasteiger charge is 2.17. The molecule has 32 heavy (non-hydrogen) atoms. The number of unbranched alkanes of at least 4 members (excludes halogenated alkanes) is 1. The van der Waals surface area contributed by atoms with Gasteiger partial charge in [-0.1, -0.05) is 53.2 Å². The summed E-state index contributed by atoms with van der Waals surface area (Å²) in [5.74, 6) is 3.27. The van der Waals surface area contributed by atoms with Gasteiger partial charge in [-0.25, -0.2) is 9.67 Å². The maximum Gasteiger partial charge on any atom is 0.221 e. The van der Waals surface area contributed by atoms with Gasteiger partial charge in [-0.3, -0.25) is 0 Å². The summed E-state index contributed by atoms with van der Waals surface area (Å²) in [4.78, 5) is 4.80. The summed E-state index contributed by atoms with van der Waals surface area (Å²) in [5.41, 5.74) is 4.41. The SMILES string of the molecule is CCCCc1nc(C(C)C)nn1Cc1ccc(-n2c(-c3nn[nH]n3)ccc2C(C)C)cc1. The van der Waals surface area contributed by atoms with E-state index in [2.05, 4.69) is 101 Å². The van der Waals surface area contributed by atoms with Gasteiger partial charge in [0, 0.05) is 23.7 Å². The van der Waals surface area contributed by atoms with E-state index < -0.39 is 0 Å². The van der Waals surface area contributed by atoms with Crippen LogP contribution in [0.4, 0.5) is 0 Å². The molecule has 4 aromatic rings. The van der Waals surface area contributed by atoms with Crippen LogP contribution in [0.3, 0.4) is 0 Å². The fraction of sp³-hybridized carbons (Fsp3) is 0.458. The van der Waals surface area contributed by atoms with Crippen molar-refractivity contribution in [2.24, 2.45) is 0 Å². The minimum atomic E-state index is 0.325. The number of aryl methyl sites for hydroxylation is 1. The topological polar surface area (TPSA) is 90.1 Å². The number of nitrogens with one attached hydrogen (secondary N) is 1. The Morgan fingerprint density at radius 2 is 1.75 bits per heavy atom. The first-order chi connectivity index (χ1) is 15.5. The molecule has 0 unspecified atom stereocenters. The number of hydrogen-bond donors (Lipinski definition) is 1. The molecule has 0 amide bonds. The Hall–Kier alpha value is -3.29. The lowest BCUT2D eigenvalue weighted by Gasteiger charge is -2.15. The van der Waals surface area contributed by atoms with E-state index in [1.165, 1.54) is 11.3 Å². The van der Waals surface area contributed by atoms with Crippen LogP contribution >= 0.6 is 0 Å². The van der Waals surface area contributed by atoms with Gasteiger partial charge >= 0.3 is 0 Å². The highest BCUT2D eigenvalue weighted by molar-refractivity contribution is 5.57. The number of tetrazole rings is 1. The quantitative estimate of drug-likeness (QED) is 0.407. The molecule has 0 saturated carbocycles. The van der Waals surface area contributed by atoms with Crippen LogP contribution in [-0.2, 0) is 13.0 Å². The van der Waals surface area contributed by atoms with Crippen LogP contribution in [0.15, 0.2) is 36.4 Å². The number of nitrogens with zero attached hydrogens (tertiary/aromatic N) is 7. The van der Waals surface area contributed by atoms with Gasteiger partial charge in [0.1, 0.15) is 5.82 Å². The third kappa shape index (κ3) is 4.49. The lowest BCUT2D eigenvalue weighted by Crippen LogP contribution is -2.08. The summed E-state index contributed by atoms with van der Waals surface area (Å²) in [6, 6.07) is 12.8. The van der Waals surface area contributed by atoms with Crippen molar-refractivity contribution < 1.29 is 0 Å². The van der Waals surface area contributed by atoms with E-state index in [-0.39, 0.29) is 0 Å². The molecular weight excluding hydrogens is 400 g/mol. The summed E-state index contributed by atoms with van der Waals surface area (Å²) < 4.78 is 4.28. The predicted octanol–water partition coefficient (Wildman–Crippen LogP) is 4.89. The molecule has 3 heterocycles. The molecule has 8 nitrogen and oxygen atoms in total. The van der Waals surface area contributed by atoms with Gasteiger partial charge in [0.25, 0.3) is 0 Å². The molecule has 8 heteroatoms. The van der Waals surface area contributed by atoms with E-state index in [0.29, 0.717) is 17.7 Å². The molecule has 1 aromatic carbocycles. The van der Waals surface area contributed by atoms with Crippen LogP contribution in [0, 0.1) is 0 Å². The van der Waals surface area contributed by atoms with E-state index in [1.54, 1.807) is 0 Å². The van der Waals surface area contributed by atoms with Gasteiger partial charge in [-0.2, -0.15) is 10.3 Å². The van der Waals surface area contributed by atoms with Crippen molar-refractivity contribution >= 4 is 0 Å². The zero-order chi connectivity index (χ0) is 22.7. The van der Waals surface area contributed by atoms with Gasteiger partial charge in [0.05, 0.1) is 12.2 Å². The summed E-state index contributed by atoms with van der Waals surface area (Å²) in [7, 11) is 0. The first-order valence-corrected chi connectivity index (χ1v) is 11.5. The third-order valence-corrected chi connectivity index (χ3v) is 5.64. The Kier molecular flexibility index (Phi) is 6.48. The van der Waals surface area contributed by atoms with Crippen molar-refractivity contribution in [3.63, 3.8) is 0 Å². The zero-order valence-electron chi connectivity index (χ0n) is 19.6. The van der Waals surface area contributed by atoms with Crippen LogP contribution in [0.25, 0.3) is 17.2 Å². The van der Waals surface area contributed by atoms with Gasteiger partial charge < -0.3 is 4.57 Å². The molecule has 0 aliphatic heterocycles.